The summed E-state index contributed by atoms with van der Waals surface area (Å²) in [6.07, 6.45) is 2.11. The molecule has 1 aromatic rings. The fourth-order valence-corrected chi connectivity index (χ4v) is 2.22. The number of ether oxygens (including phenoxy) is 1. The van der Waals surface area contributed by atoms with E-state index >= 15 is 0 Å². The number of nitrogens with one attached hydrogen (secondary N) is 1. The van der Waals surface area contributed by atoms with Gasteiger partial charge >= 0.3 is 0 Å². The summed E-state index contributed by atoms with van der Waals surface area (Å²) >= 11 is 0. The highest BCUT2D eigenvalue weighted by Crippen LogP contribution is 2.17. The van der Waals surface area contributed by atoms with E-state index in [4.69, 9.17) is 4.74 Å². The van der Waals surface area contributed by atoms with Crippen LogP contribution in [0.5, 0.6) is 0 Å². The molecule has 1 aliphatic heterocycles. The molecular weight excluding hydrogens is 240 g/mol. The molecule has 1 fully saturated rings. The highest BCUT2D eigenvalue weighted by atomic mass is 16.5. The second kappa shape index (κ2) is 6.57. The van der Waals surface area contributed by atoms with Crippen LogP contribution in [-0.2, 0) is 16.1 Å². The number of hydrogen-bond acceptors (Lipinski definition) is 3. The van der Waals surface area contributed by atoms with Gasteiger partial charge in [0.25, 0.3) is 0 Å². The zero-order chi connectivity index (χ0) is 13.7. The Morgan fingerprint density at radius 3 is 2.84 bits per heavy atom. The van der Waals surface area contributed by atoms with Gasteiger partial charge in [0.2, 0.25) is 5.91 Å². The first-order valence-corrected chi connectivity index (χ1v) is 6.80. The van der Waals surface area contributed by atoms with Crippen molar-refractivity contribution in [2.75, 3.05) is 25.6 Å². The number of anilines is 1. The van der Waals surface area contributed by atoms with Crippen LogP contribution >= 0.6 is 0 Å². The van der Waals surface area contributed by atoms with E-state index in [0.717, 1.165) is 37.3 Å². The molecule has 0 aromatic heterocycles. The Bertz CT molecular complexity index is 428. The number of rotatable bonds is 4. The highest BCUT2D eigenvalue weighted by molar-refractivity contribution is 5.72. The molecule has 4 nitrogen and oxygen atoms in total. The summed E-state index contributed by atoms with van der Waals surface area (Å²) in [6, 6.07) is 8.77. The van der Waals surface area contributed by atoms with Crippen molar-refractivity contribution in [1.29, 1.82) is 0 Å². The van der Waals surface area contributed by atoms with Crippen LogP contribution in [0.1, 0.15) is 25.3 Å². The first-order valence-electron chi connectivity index (χ1n) is 6.80. The Morgan fingerprint density at radius 1 is 1.42 bits per heavy atom. The maximum absolute atomic E-state index is 11.2. The number of amides is 1. The summed E-state index contributed by atoms with van der Waals surface area (Å²) in [6.45, 7) is 3.91. The largest absolute Gasteiger partial charge is 0.382 e. The average Bonchev–Trinajstić information content (AvgIpc) is 2.40. The minimum Gasteiger partial charge on any atom is -0.382 e. The molecule has 1 heterocycles. The molecular formula is C15H22N2O2. The van der Waals surface area contributed by atoms with Gasteiger partial charge in [0.15, 0.2) is 0 Å². The van der Waals surface area contributed by atoms with Crippen LogP contribution in [0, 0.1) is 0 Å². The Labute approximate surface area is 114 Å². The molecule has 0 bridgehead atoms. The fourth-order valence-electron chi connectivity index (χ4n) is 2.22. The second-order valence-electron chi connectivity index (χ2n) is 5.11. The molecule has 1 N–H and O–H groups in total. The van der Waals surface area contributed by atoms with Gasteiger partial charge in [-0.3, -0.25) is 4.79 Å². The lowest BCUT2D eigenvalue weighted by molar-refractivity contribution is -0.128. The normalized spacial score (nSPS) is 16.1. The van der Waals surface area contributed by atoms with E-state index in [9.17, 15) is 4.79 Å². The lowest BCUT2D eigenvalue weighted by Crippen LogP contribution is -2.28. The van der Waals surface area contributed by atoms with Gasteiger partial charge in [-0.15, -0.1) is 0 Å². The van der Waals surface area contributed by atoms with Crippen molar-refractivity contribution in [2.24, 2.45) is 0 Å². The van der Waals surface area contributed by atoms with E-state index in [0.29, 0.717) is 12.6 Å². The van der Waals surface area contributed by atoms with Gasteiger partial charge in [0.1, 0.15) is 0 Å². The van der Waals surface area contributed by atoms with E-state index in [1.54, 1.807) is 11.8 Å². The van der Waals surface area contributed by atoms with Gasteiger partial charge in [0, 0.05) is 45.5 Å². The third kappa shape index (κ3) is 4.24. The molecule has 0 spiro atoms. The Kier molecular flexibility index (Phi) is 4.80. The third-order valence-electron chi connectivity index (χ3n) is 3.48. The number of nitrogens with zero attached hydrogens (tertiary/aromatic N) is 1. The minimum absolute atomic E-state index is 0.0859. The summed E-state index contributed by atoms with van der Waals surface area (Å²) in [4.78, 5) is 13.0. The van der Waals surface area contributed by atoms with Crippen LogP contribution in [0.2, 0.25) is 0 Å². The van der Waals surface area contributed by atoms with E-state index < -0.39 is 0 Å². The predicted octanol–water partition coefficient (Wildman–Crippen LogP) is 2.26. The molecule has 1 saturated heterocycles. The Morgan fingerprint density at radius 2 is 2.16 bits per heavy atom. The topological polar surface area (TPSA) is 41.6 Å². The second-order valence-corrected chi connectivity index (χ2v) is 5.11. The standard InChI is InChI=1S/C15H22N2O2/c1-12(18)17(2)11-13-4-3-5-15(10-13)16-14-6-8-19-9-7-14/h3-5,10,14,16H,6-9,11H2,1-2H3. The van der Waals surface area contributed by atoms with Gasteiger partial charge < -0.3 is 15.0 Å². The summed E-state index contributed by atoms with van der Waals surface area (Å²) < 4.78 is 5.36. The van der Waals surface area contributed by atoms with E-state index in [2.05, 4.69) is 23.5 Å². The van der Waals surface area contributed by atoms with Gasteiger partial charge in [-0.25, -0.2) is 0 Å². The Balaban J connectivity index is 1.96. The van der Waals surface area contributed by atoms with Crippen molar-refractivity contribution < 1.29 is 9.53 Å². The summed E-state index contributed by atoms with van der Waals surface area (Å²) in [7, 11) is 1.82. The highest BCUT2D eigenvalue weighted by Gasteiger charge is 2.13. The predicted molar refractivity (Wildman–Crippen MR) is 76.1 cm³/mol. The minimum atomic E-state index is 0.0859. The number of carbonyl (C=O) groups is 1. The molecule has 1 aromatic carbocycles. The van der Waals surface area contributed by atoms with E-state index in [-0.39, 0.29) is 5.91 Å². The van der Waals surface area contributed by atoms with Crippen molar-refractivity contribution >= 4 is 11.6 Å². The van der Waals surface area contributed by atoms with Crippen LogP contribution < -0.4 is 5.32 Å². The zero-order valence-corrected chi connectivity index (χ0v) is 11.7. The molecule has 0 unspecified atom stereocenters. The fraction of sp³-hybridized carbons (Fsp3) is 0.533. The molecule has 0 aliphatic carbocycles. The van der Waals surface area contributed by atoms with Crippen LogP contribution in [0.25, 0.3) is 0 Å². The molecule has 1 amide bonds. The van der Waals surface area contributed by atoms with Gasteiger partial charge in [0.05, 0.1) is 0 Å². The van der Waals surface area contributed by atoms with Crippen molar-refractivity contribution in [1.82, 2.24) is 4.90 Å². The smallest absolute Gasteiger partial charge is 0.219 e. The van der Waals surface area contributed by atoms with Gasteiger partial charge in [-0.2, -0.15) is 0 Å². The lowest BCUT2D eigenvalue weighted by atomic mass is 10.1. The van der Waals surface area contributed by atoms with Crippen molar-refractivity contribution in [2.45, 2.75) is 32.4 Å². The lowest BCUT2D eigenvalue weighted by Gasteiger charge is -2.24. The molecule has 0 atom stereocenters. The van der Waals surface area contributed by atoms with Crippen molar-refractivity contribution in [3.05, 3.63) is 29.8 Å². The monoisotopic (exact) mass is 262 g/mol. The average molecular weight is 262 g/mol. The molecule has 19 heavy (non-hydrogen) atoms. The maximum atomic E-state index is 11.2. The summed E-state index contributed by atoms with van der Waals surface area (Å²) in [5, 5.41) is 3.54. The zero-order valence-electron chi connectivity index (χ0n) is 11.7. The van der Waals surface area contributed by atoms with Crippen LogP contribution in [0.4, 0.5) is 5.69 Å². The molecule has 0 radical (unpaired) electrons. The van der Waals surface area contributed by atoms with E-state index in [1.165, 1.54) is 0 Å². The SMILES string of the molecule is CC(=O)N(C)Cc1cccc(NC2CCOCC2)c1. The summed E-state index contributed by atoms with van der Waals surface area (Å²) in [5.41, 5.74) is 2.27. The van der Waals surface area contributed by atoms with Gasteiger partial charge in [-0.1, -0.05) is 12.1 Å². The first kappa shape index (κ1) is 13.9. The van der Waals surface area contributed by atoms with Crippen molar-refractivity contribution in [3.8, 4) is 0 Å². The molecule has 4 heteroatoms. The van der Waals surface area contributed by atoms with Gasteiger partial charge in [-0.05, 0) is 30.5 Å². The maximum Gasteiger partial charge on any atom is 0.219 e. The molecule has 0 saturated carbocycles. The summed E-state index contributed by atoms with van der Waals surface area (Å²) in [5.74, 6) is 0.0859. The Hall–Kier alpha value is -1.55. The van der Waals surface area contributed by atoms with Crippen LogP contribution in [-0.4, -0.2) is 37.1 Å². The van der Waals surface area contributed by atoms with Crippen LogP contribution in [0.15, 0.2) is 24.3 Å². The molecule has 104 valence electrons. The van der Waals surface area contributed by atoms with E-state index in [1.807, 2.05) is 13.1 Å². The first-order chi connectivity index (χ1) is 9.15. The number of carbonyl (C=O) groups excluding carboxylic acids is 1. The number of benzene rings is 1. The number of hydrogen-bond donors (Lipinski definition) is 1. The molecule has 2 rings (SSSR count). The third-order valence-corrected chi connectivity index (χ3v) is 3.48. The molecule has 1 aliphatic rings. The quantitative estimate of drug-likeness (QED) is 0.905. The van der Waals surface area contributed by atoms with Crippen molar-refractivity contribution in [3.63, 3.8) is 0 Å². The van der Waals surface area contributed by atoms with Crippen LogP contribution in [0.3, 0.4) is 0 Å².